The normalized spacial score (nSPS) is 17.5. The van der Waals surface area contributed by atoms with E-state index in [1.165, 1.54) is 18.1 Å². The molecule has 0 spiro atoms. The van der Waals surface area contributed by atoms with Gasteiger partial charge in [-0.05, 0) is 47.5 Å². The lowest BCUT2D eigenvalue weighted by Crippen LogP contribution is -2.46. The van der Waals surface area contributed by atoms with Crippen LogP contribution >= 0.6 is 11.6 Å². The number of nitrogens with one attached hydrogen (secondary N) is 2. The van der Waals surface area contributed by atoms with Crippen molar-refractivity contribution < 1.29 is 23.5 Å². The van der Waals surface area contributed by atoms with Gasteiger partial charge in [-0.1, -0.05) is 35.9 Å². The van der Waals surface area contributed by atoms with Crippen LogP contribution in [0.1, 0.15) is 29.9 Å². The van der Waals surface area contributed by atoms with Crippen LogP contribution in [0.5, 0.6) is 0 Å². The van der Waals surface area contributed by atoms with Gasteiger partial charge in [-0.3, -0.25) is 14.5 Å². The summed E-state index contributed by atoms with van der Waals surface area (Å²) in [5.41, 5.74) is 1.89. The van der Waals surface area contributed by atoms with E-state index >= 15 is 0 Å². The number of nitrogens with zero attached hydrogens (tertiary/aromatic N) is 1. The van der Waals surface area contributed by atoms with Crippen LogP contribution in [0.3, 0.4) is 0 Å². The summed E-state index contributed by atoms with van der Waals surface area (Å²) in [6.07, 6.45) is 0.0240. The van der Waals surface area contributed by atoms with Crippen molar-refractivity contribution in [2.45, 2.75) is 32.2 Å². The van der Waals surface area contributed by atoms with Gasteiger partial charge in [0.2, 0.25) is 11.8 Å². The van der Waals surface area contributed by atoms with Gasteiger partial charge >= 0.3 is 6.09 Å². The number of benzene rings is 2. The van der Waals surface area contributed by atoms with Crippen molar-refractivity contribution in [3.05, 3.63) is 88.8 Å². The minimum Gasteiger partial charge on any atom is -0.467 e. The van der Waals surface area contributed by atoms with E-state index in [2.05, 4.69) is 10.6 Å². The highest BCUT2D eigenvalue weighted by Gasteiger charge is 2.47. The number of hydrogen-bond acceptors (Lipinski definition) is 5. The molecular formula is C24H22ClN3O5. The second kappa shape index (κ2) is 9.79. The summed E-state index contributed by atoms with van der Waals surface area (Å²) in [7, 11) is 0. The SMILES string of the molecule is CC(=O)Nc1cccc(C2OC(=O)N(Cc3cccc(Cl)c3)C2C(=O)NCc2ccco2)c1. The molecule has 1 fully saturated rings. The van der Waals surface area contributed by atoms with Crippen molar-refractivity contribution >= 4 is 35.2 Å². The first-order chi connectivity index (χ1) is 15.9. The first-order valence-corrected chi connectivity index (χ1v) is 10.7. The standard InChI is InChI=1S/C24H22ClN3O5/c1-15(29)27-19-8-3-6-17(12-19)22-21(23(30)26-13-20-9-4-10-32-20)28(24(31)33-22)14-16-5-2-7-18(25)11-16/h2-12,21-22H,13-14H2,1H3,(H,26,30)(H,27,29). The van der Waals surface area contributed by atoms with Crippen LogP contribution in [-0.4, -0.2) is 28.8 Å². The molecule has 2 atom stereocenters. The van der Waals surface area contributed by atoms with Gasteiger partial charge in [0.15, 0.2) is 12.1 Å². The van der Waals surface area contributed by atoms with Gasteiger partial charge in [-0.15, -0.1) is 0 Å². The van der Waals surface area contributed by atoms with Crippen molar-refractivity contribution in [1.29, 1.82) is 0 Å². The Kier molecular flexibility index (Phi) is 6.65. The quantitative estimate of drug-likeness (QED) is 0.540. The lowest BCUT2D eigenvalue weighted by molar-refractivity contribution is -0.126. The molecule has 33 heavy (non-hydrogen) atoms. The summed E-state index contributed by atoms with van der Waals surface area (Å²) < 4.78 is 10.9. The van der Waals surface area contributed by atoms with Gasteiger partial charge in [0.05, 0.1) is 19.4 Å². The first-order valence-electron chi connectivity index (χ1n) is 10.3. The molecule has 0 saturated carbocycles. The van der Waals surface area contributed by atoms with Gasteiger partial charge in [-0.2, -0.15) is 0 Å². The van der Waals surface area contributed by atoms with Gasteiger partial charge < -0.3 is 19.8 Å². The zero-order chi connectivity index (χ0) is 23.4. The highest BCUT2D eigenvalue weighted by molar-refractivity contribution is 6.30. The number of carbonyl (C=O) groups is 3. The van der Waals surface area contributed by atoms with Crippen molar-refractivity contribution in [2.75, 3.05) is 5.32 Å². The molecule has 0 bridgehead atoms. The Bertz CT molecular complexity index is 1160. The molecule has 1 aliphatic heterocycles. The number of ether oxygens (including phenoxy) is 1. The summed E-state index contributed by atoms with van der Waals surface area (Å²) >= 11 is 6.10. The first kappa shape index (κ1) is 22.4. The number of halogens is 1. The molecule has 9 heteroatoms. The zero-order valence-electron chi connectivity index (χ0n) is 17.8. The predicted octanol–water partition coefficient (Wildman–Crippen LogP) is 4.27. The van der Waals surface area contributed by atoms with Crippen LogP contribution in [0.15, 0.2) is 71.3 Å². The Morgan fingerprint density at radius 1 is 1.09 bits per heavy atom. The Hall–Kier alpha value is -3.78. The minimum atomic E-state index is -0.945. The summed E-state index contributed by atoms with van der Waals surface area (Å²) in [6.45, 7) is 1.71. The van der Waals surface area contributed by atoms with Crippen molar-refractivity contribution in [1.82, 2.24) is 10.2 Å². The fourth-order valence-electron chi connectivity index (χ4n) is 3.73. The van der Waals surface area contributed by atoms with Gasteiger partial charge in [0.1, 0.15) is 5.76 Å². The number of cyclic esters (lactones) is 1. The Balaban J connectivity index is 1.63. The smallest absolute Gasteiger partial charge is 0.411 e. The summed E-state index contributed by atoms with van der Waals surface area (Å²) in [6, 6.07) is 16.5. The molecule has 4 rings (SSSR count). The van der Waals surface area contributed by atoms with E-state index in [-0.39, 0.29) is 19.0 Å². The van der Waals surface area contributed by atoms with Crippen molar-refractivity contribution in [3.63, 3.8) is 0 Å². The summed E-state index contributed by atoms with van der Waals surface area (Å²) in [4.78, 5) is 39.0. The molecule has 170 valence electrons. The van der Waals surface area contributed by atoms with E-state index in [0.29, 0.717) is 22.0 Å². The number of anilines is 1. The molecule has 1 aliphatic rings. The van der Waals surface area contributed by atoms with E-state index in [0.717, 1.165) is 5.56 Å². The molecule has 3 aromatic rings. The number of hydrogen-bond donors (Lipinski definition) is 2. The lowest BCUT2D eigenvalue weighted by atomic mass is 10.00. The van der Waals surface area contributed by atoms with Crippen LogP contribution in [0.25, 0.3) is 0 Å². The highest BCUT2D eigenvalue weighted by atomic mass is 35.5. The predicted molar refractivity (Wildman–Crippen MR) is 121 cm³/mol. The van der Waals surface area contributed by atoms with E-state index in [4.69, 9.17) is 20.8 Å². The van der Waals surface area contributed by atoms with Crippen LogP contribution in [-0.2, 0) is 27.4 Å². The van der Waals surface area contributed by atoms with E-state index in [1.54, 1.807) is 54.6 Å². The fraction of sp³-hybridized carbons (Fsp3) is 0.208. The number of carbonyl (C=O) groups excluding carboxylic acids is 3. The molecule has 0 aliphatic carbocycles. The second-order valence-electron chi connectivity index (χ2n) is 7.61. The monoisotopic (exact) mass is 467 g/mol. The maximum absolute atomic E-state index is 13.3. The van der Waals surface area contributed by atoms with Crippen molar-refractivity contribution in [3.8, 4) is 0 Å². The Labute approximate surface area is 195 Å². The van der Waals surface area contributed by atoms with E-state index < -0.39 is 24.1 Å². The topological polar surface area (TPSA) is 101 Å². The van der Waals surface area contributed by atoms with Crippen LogP contribution in [0.4, 0.5) is 10.5 Å². The average molecular weight is 468 g/mol. The highest BCUT2D eigenvalue weighted by Crippen LogP contribution is 2.35. The molecular weight excluding hydrogens is 446 g/mol. The van der Waals surface area contributed by atoms with Crippen molar-refractivity contribution in [2.24, 2.45) is 0 Å². The summed E-state index contributed by atoms with van der Waals surface area (Å²) in [5.74, 6) is -0.0423. The maximum Gasteiger partial charge on any atom is 0.411 e. The van der Waals surface area contributed by atoms with Crippen LogP contribution in [0, 0.1) is 0 Å². The fourth-order valence-corrected chi connectivity index (χ4v) is 3.94. The number of rotatable bonds is 7. The van der Waals surface area contributed by atoms with E-state index in [9.17, 15) is 14.4 Å². The molecule has 1 aromatic heterocycles. The minimum absolute atomic E-state index is 0.139. The third kappa shape index (κ3) is 5.35. The zero-order valence-corrected chi connectivity index (χ0v) is 18.5. The number of furan rings is 1. The molecule has 1 saturated heterocycles. The number of amides is 3. The third-order valence-corrected chi connectivity index (χ3v) is 5.38. The molecule has 2 aromatic carbocycles. The molecule has 3 amide bonds. The molecule has 8 nitrogen and oxygen atoms in total. The van der Waals surface area contributed by atoms with Crippen LogP contribution < -0.4 is 10.6 Å². The lowest BCUT2D eigenvalue weighted by Gasteiger charge is -2.24. The molecule has 2 heterocycles. The summed E-state index contributed by atoms with van der Waals surface area (Å²) in [5, 5.41) is 6.05. The Morgan fingerprint density at radius 3 is 2.64 bits per heavy atom. The largest absolute Gasteiger partial charge is 0.467 e. The van der Waals surface area contributed by atoms with Gasteiger partial charge in [0, 0.05) is 17.6 Å². The van der Waals surface area contributed by atoms with Gasteiger partial charge in [0.25, 0.3) is 0 Å². The van der Waals surface area contributed by atoms with Crippen LogP contribution in [0.2, 0.25) is 5.02 Å². The third-order valence-electron chi connectivity index (χ3n) is 5.15. The molecule has 2 N–H and O–H groups in total. The second-order valence-corrected chi connectivity index (χ2v) is 8.05. The van der Waals surface area contributed by atoms with E-state index in [1.807, 2.05) is 6.07 Å². The maximum atomic E-state index is 13.3. The molecule has 2 unspecified atom stereocenters. The Morgan fingerprint density at radius 2 is 1.91 bits per heavy atom. The average Bonchev–Trinajstić information content (AvgIpc) is 3.40. The van der Waals surface area contributed by atoms with Gasteiger partial charge in [-0.25, -0.2) is 4.79 Å². The molecule has 0 radical (unpaired) electrons.